The molecule has 2 atom stereocenters. The van der Waals surface area contributed by atoms with Crippen LogP contribution in [0.25, 0.3) is 0 Å². The average molecular weight is 296 g/mol. The van der Waals surface area contributed by atoms with E-state index in [4.69, 9.17) is 4.74 Å². The largest absolute Gasteiger partial charge is 0.467 e. The number of ether oxygens (including phenoxy) is 2. The summed E-state index contributed by atoms with van der Waals surface area (Å²) in [5.41, 5.74) is -0.617. The van der Waals surface area contributed by atoms with Crippen LogP contribution < -0.4 is 0 Å². The quantitative estimate of drug-likeness (QED) is 0.739. The lowest BCUT2D eigenvalue weighted by molar-refractivity contribution is -0.149. The summed E-state index contributed by atoms with van der Waals surface area (Å²) in [5.74, 6) is -0.528. The zero-order valence-electron chi connectivity index (χ0n) is 11.7. The third-order valence-electron chi connectivity index (χ3n) is 2.68. The Balaban J connectivity index is 0.00000324. The predicted molar refractivity (Wildman–Crippen MR) is 71.2 cm³/mol. The Hall–Kier alpha value is -1.01. The molecule has 1 amide bonds. The molecule has 6 nitrogen and oxygen atoms in total. The first-order valence-corrected chi connectivity index (χ1v) is 6.00. The molecule has 0 saturated carbocycles. The molecule has 1 aliphatic heterocycles. The minimum atomic E-state index is -0.770. The number of hydrogen-bond acceptors (Lipinski definition) is 5. The molecule has 7 heteroatoms. The number of likely N-dealkylation sites (tertiary alicyclic amines) is 1. The first-order valence-electron chi connectivity index (χ1n) is 6.00. The van der Waals surface area contributed by atoms with Gasteiger partial charge in [-0.25, -0.2) is 9.59 Å². The molecule has 1 aliphatic rings. The maximum Gasteiger partial charge on any atom is 0.411 e. The zero-order valence-corrected chi connectivity index (χ0v) is 12.5. The lowest BCUT2D eigenvalue weighted by Crippen LogP contribution is -2.53. The zero-order chi connectivity index (χ0) is 13.9. The summed E-state index contributed by atoms with van der Waals surface area (Å²) < 4.78 is 9.88. The summed E-state index contributed by atoms with van der Waals surface area (Å²) in [6, 6.07) is -0.770. The standard InChI is InChI=1S/C12H21NO5.ClH/c1-12(2,3)18-11(16)13-6-5-8(14)7-9(13)10(15)17-4;/h8-9,14H,5-7H2,1-4H3;1H/t8-,9+;/m1./s1. The van der Waals surface area contributed by atoms with Crippen LogP contribution in [0.3, 0.4) is 0 Å². The van der Waals surface area contributed by atoms with Crippen LogP contribution in [0.1, 0.15) is 33.6 Å². The van der Waals surface area contributed by atoms with E-state index in [2.05, 4.69) is 4.74 Å². The average Bonchev–Trinajstić information content (AvgIpc) is 2.25. The number of methoxy groups -OCH3 is 1. The Morgan fingerprint density at radius 1 is 1.32 bits per heavy atom. The highest BCUT2D eigenvalue weighted by Crippen LogP contribution is 2.21. The molecule has 0 spiro atoms. The number of rotatable bonds is 1. The van der Waals surface area contributed by atoms with Gasteiger partial charge < -0.3 is 14.6 Å². The molecule has 0 aromatic carbocycles. The SMILES string of the molecule is COC(=O)[C@@H]1C[C@H](O)CCN1C(=O)OC(C)(C)C.Cl. The van der Waals surface area contributed by atoms with Gasteiger partial charge in [0, 0.05) is 13.0 Å². The predicted octanol–water partition coefficient (Wildman–Crippen LogP) is 1.34. The van der Waals surface area contributed by atoms with Crippen LogP contribution in [0.15, 0.2) is 0 Å². The lowest BCUT2D eigenvalue weighted by atomic mass is 10.00. The van der Waals surface area contributed by atoms with Gasteiger partial charge in [-0.3, -0.25) is 4.90 Å². The Morgan fingerprint density at radius 2 is 1.89 bits per heavy atom. The molecule has 1 fully saturated rings. The van der Waals surface area contributed by atoms with Gasteiger partial charge in [-0.05, 0) is 27.2 Å². The Bertz CT molecular complexity index is 329. The number of carbonyl (C=O) groups is 2. The van der Waals surface area contributed by atoms with E-state index in [0.29, 0.717) is 6.42 Å². The number of piperidine rings is 1. The van der Waals surface area contributed by atoms with Crippen molar-refractivity contribution in [1.29, 1.82) is 0 Å². The number of hydrogen-bond donors (Lipinski definition) is 1. The fourth-order valence-corrected chi connectivity index (χ4v) is 1.85. The number of esters is 1. The van der Waals surface area contributed by atoms with Gasteiger partial charge in [0.05, 0.1) is 13.2 Å². The monoisotopic (exact) mass is 295 g/mol. The maximum absolute atomic E-state index is 12.0. The van der Waals surface area contributed by atoms with Crippen molar-refractivity contribution in [2.75, 3.05) is 13.7 Å². The summed E-state index contributed by atoms with van der Waals surface area (Å²) in [4.78, 5) is 24.9. The summed E-state index contributed by atoms with van der Waals surface area (Å²) >= 11 is 0. The molecule has 1 saturated heterocycles. The number of halogens is 1. The normalized spacial score (nSPS) is 23.3. The maximum atomic E-state index is 12.0. The van der Waals surface area contributed by atoms with Gasteiger partial charge in [0.2, 0.25) is 0 Å². The van der Waals surface area contributed by atoms with Gasteiger partial charge in [0.1, 0.15) is 11.6 Å². The molecule has 0 aromatic rings. The first-order chi connectivity index (χ1) is 8.24. The van der Waals surface area contributed by atoms with Crippen LogP contribution in [0.4, 0.5) is 4.79 Å². The van der Waals surface area contributed by atoms with Crippen LogP contribution in [-0.2, 0) is 14.3 Å². The highest BCUT2D eigenvalue weighted by molar-refractivity contribution is 5.85. The second kappa shape index (κ2) is 6.96. The van der Waals surface area contributed by atoms with Gasteiger partial charge in [0.25, 0.3) is 0 Å². The molecule has 0 aliphatic carbocycles. The van der Waals surface area contributed by atoms with Crippen molar-refractivity contribution in [3.63, 3.8) is 0 Å². The highest BCUT2D eigenvalue weighted by atomic mass is 35.5. The van der Waals surface area contributed by atoms with E-state index in [0.717, 1.165) is 0 Å². The van der Waals surface area contributed by atoms with Gasteiger partial charge in [-0.1, -0.05) is 0 Å². The van der Waals surface area contributed by atoms with Crippen molar-refractivity contribution < 1.29 is 24.2 Å². The number of aliphatic hydroxyl groups excluding tert-OH is 1. The summed E-state index contributed by atoms with van der Waals surface area (Å²) in [6.45, 7) is 5.57. The summed E-state index contributed by atoms with van der Waals surface area (Å²) in [7, 11) is 1.26. The van der Waals surface area contributed by atoms with Crippen LogP contribution in [-0.4, -0.2) is 53.5 Å². The molecule has 0 bridgehead atoms. The van der Waals surface area contributed by atoms with E-state index in [1.54, 1.807) is 20.8 Å². The van der Waals surface area contributed by atoms with Gasteiger partial charge >= 0.3 is 12.1 Å². The van der Waals surface area contributed by atoms with E-state index in [9.17, 15) is 14.7 Å². The van der Waals surface area contributed by atoms with Crippen molar-refractivity contribution in [3.05, 3.63) is 0 Å². The molecule has 0 radical (unpaired) electrons. The second-order valence-electron chi connectivity index (χ2n) is 5.39. The highest BCUT2D eigenvalue weighted by Gasteiger charge is 2.38. The molecule has 1 rings (SSSR count). The fourth-order valence-electron chi connectivity index (χ4n) is 1.85. The topological polar surface area (TPSA) is 76.1 Å². The van der Waals surface area contributed by atoms with E-state index in [-0.39, 0.29) is 25.4 Å². The van der Waals surface area contributed by atoms with E-state index in [1.165, 1.54) is 12.0 Å². The molecule has 0 unspecified atom stereocenters. The van der Waals surface area contributed by atoms with Crippen molar-refractivity contribution >= 4 is 24.5 Å². The minimum absolute atomic E-state index is 0. The van der Waals surface area contributed by atoms with Crippen LogP contribution in [0.5, 0.6) is 0 Å². The molecule has 1 heterocycles. The van der Waals surface area contributed by atoms with E-state index < -0.39 is 29.8 Å². The summed E-state index contributed by atoms with van der Waals surface area (Å²) in [6.07, 6.45) is -0.517. The van der Waals surface area contributed by atoms with E-state index in [1.807, 2.05) is 0 Å². The molecule has 19 heavy (non-hydrogen) atoms. The molecule has 1 N–H and O–H groups in total. The first kappa shape index (κ1) is 18.0. The number of carbonyl (C=O) groups excluding carboxylic acids is 2. The van der Waals surface area contributed by atoms with Gasteiger partial charge in [-0.15, -0.1) is 12.4 Å². The Kier molecular flexibility index (Phi) is 6.59. The third kappa shape index (κ3) is 5.24. The fraction of sp³-hybridized carbons (Fsp3) is 0.833. The lowest BCUT2D eigenvalue weighted by Gasteiger charge is -2.36. The van der Waals surface area contributed by atoms with Crippen molar-refractivity contribution in [3.8, 4) is 0 Å². The molecule has 112 valence electrons. The van der Waals surface area contributed by atoms with Crippen molar-refractivity contribution in [2.24, 2.45) is 0 Å². The minimum Gasteiger partial charge on any atom is -0.467 e. The number of amides is 1. The van der Waals surface area contributed by atoms with E-state index >= 15 is 0 Å². The molecular weight excluding hydrogens is 274 g/mol. The smallest absolute Gasteiger partial charge is 0.411 e. The molecule has 0 aromatic heterocycles. The Labute approximate surface area is 119 Å². The van der Waals surface area contributed by atoms with Crippen LogP contribution in [0.2, 0.25) is 0 Å². The summed E-state index contributed by atoms with van der Waals surface area (Å²) in [5, 5.41) is 9.57. The van der Waals surface area contributed by atoms with Crippen LogP contribution >= 0.6 is 12.4 Å². The van der Waals surface area contributed by atoms with Crippen LogP contribution in [0, 0.1) is 0 Å². The third-order valence-corrected chi connectivity index (χ3v) is 2.68. The second-order valence-corrected chi connectivity index (χ2v) is 5.39. The van der Waals surface area contributed by atoms with Crippen molar-refractivity contribution in [1.82, 2.24) is 4.90 Å². The Morgan fingerprint density at radius 3 is 2.37 bits per heavy atom. The van der Waals surface area contributed by atoms with Gasteiger partial charge in [-0.2, -0.15) is 0 Å². The van der Waals surface area contributed by atoms with Crippen molar-refractivity contribution in [2.45, 2.75) is 51.4 Å². The number of aliphatic hydroxyl groups is 1. The number of nitrogens with zero attached hydrogens (tertiary/aromatic N) is 1. The molecular formula is C12H22ClNO5. The van der Waals surface area contributed by atoms with Gasteiger partial charge in [0.15, 0.2) is 0 Å².